The summed E-state index contributed by atoms with van der Waals surface area (Å²) < 4.78 is 11.0. The highest BCUT2D eigenvalue weighted by atomic mass is 16.6. The number of rotatable bonds is 3. The summed E-state index contributed by atoms with van der Waals surface area (Å²) >= 11 is 0. The first-order valence-corrected chi connectivity index (χ1v) is 10.9. The third-order valence-electron chi connectivity index (χ3n) is 7.67. The number of hydrogen-bond acceptors (Lipinski definition) is 5. The van der Waals surface area contributed by atoms with Crippen molar-refractivity contribution in [2.45, 2.75) is 52.1 Å². The zero-order valence-electron chi connectivity index (χ0n) is 17.3. The second-order valence-electron chi connectivity index (χ2n) is 9.39. The Balaban J connectivity index is 1.38. The Morgan fingerprint density at radius 3 is 2.79 bits per heavy atom. The van der Waals surface area contributed by atoms with Gasteiger partial charge in [0.15, 0.2) is 0 Å². The van der Waals surface area contributed by atoms with E-state index in [0.717, 1.165) is 38.9 Å². The van der Waals surface area contributed by atoms with Crippen LogP contribution < -0.4 is 0 Å². The molecule has 0 aromatic heterocycles. The molecule has 6 nitrogen and oxygen atoms in total. The molecular weight excluding hydrogens is 356 g/mol. The molecule has 2 aliphatic carbocycles. The van der Waals surface area contributed by atoms with Gasteiger partial charge in [0.05, 0.1) is 12.5 Å². The van der Waals surface area contributed by atoms with Gasteiger partial charge in [-0.1, -0.05) is 19.1 Å². The molecule has 0 aromatic carbocycles. The van der Waals surface area contributed by atoms with Crippen molar-refractivity contribution >= 4 is 12.1 Å². The summed E-state index contributed by atoms with van der Waals surface area (Å²) in [5, 5.41) is 0. The van der Waals surface area contributed by atoms with E-state index in [1.54, 1.807) is 4.90 Å². The lowest BCUT2D eigenvalue weighted by Gasteiger charge is -2.50. The van der Waals surface area contributed by atoms with Crippen molar-refractivity contribution in [1.82, 2.24) is 9.80 Å². The van der Waals surface area contributed by atoms with Crippen LogP contribution in [-0.2, 0) is 14.3 Å². The summed E-state index contributed by atoms with van der Waals surface area (Å²) in [7, 11) is 0. The minimum absolute atomic E-state index is 0.0179. The summed E-state index contributed by atoms with van der Waals surface area (Å²) in [5.74, 6) is 0.776. The van der Waals surface area contributed by atoms with Gasteiger partial charge >= 0.3 is 12.1 Å². The monoisotopic (exact) mass is 390 g/mol. The number of allylic oxidation sites excluding steroid dienone is 1. The first kappa shape index (κ1) is 19.7. The van der Waals surface area contributed by atoms with Gasteiger partial charge in [-0.3, -0.25) is 9.69 Å². The SMILES string of the molecule is C=C1CCC[C@]2(C)C[C@H]3OC(=O)[C@H](CN4CCN(C(=O)OCC)CC4)[C@H]3C[C@@H]12. The number of amides is 1. The van der Waals surface area contributed by atoms with Crippen LogP contribution in [0.5, 0.6) is 0 Å². The summed E-state index contributed by atoms with van der Waals surface area (Å²) in [5.41, 5.74) is 1.63. The van der Waals surface area contributed by atoms with Crippen LogP contribution in [0, 0.1) is 23.2 Å². The number of esters is 1. The molecule has 156 valence electrons. The Kier molecular flexibility index (Phi) is 5.43. The number of carbonyl (C=O) groups is 2. The maximum atomic E-state index is 12.7. The quantitative estimate of drug-likeness (QED) is 0.547. The van der Waals surface area contributed by atoms with Gasteiger partial charge in [0.25, 0.3) is 0 Å². The molecule has 4 rings (SSSR count). The van der Waals surface area contributed by atoms with Crippen molar-refractivity contribution in [1.29, 1.82) is 0 Å². The largest absolute Gasteiger partial charge is 0.462 e. The fraction of sp³-hybridized carbons (Fsp3) is 0.818. The third kappa shape index (κ3) is 3.56. The fourth-order valence-electron chi connectivity index (χ4n) is 6.07. The zero-order valence-corrected chi connectivity index (χ0v) is 17.3. The van der Waals surface area contributed by atoms with Crippen molar-refractivity contribution in [3.8, 4) is 0 Å². The normalized spacial score (nSPS) is 38.6. The van der Waals surface area contributed by atoms with Crippen molar-refractivity contribution < 1.29 is 19.1 Å². The minimum atomic E-state index is -0.232. The average Bonchev–Trinajstić information content (AvgIpc) is 2.95. The van der Waals surface area contributed by atoms with E-state index in [-0.39, 0.29) is 29.5 Å². The molecule has 2 saturated carbocycles. The molecule has 1 amide bonds. The minimum Gasteiger partial charge on any atom is -0.462 e. The van der Waals surface area contributed by atoms with Crippen LogP contribution >= 0.6 is 0 Å². The van der Waals surface area contributed by atoms with Gasteiger partial charge in [-0.15, -0.1) is 0 Å². The zero-order chi connectivity index (χ0) is 19.9. The predicted octanol–water partition coefficient (Wildman–Crippen LogP) is 3.07. The summed E-state index contributed by atoms with van der Waals surface area (Å²) in [6, 6.07) is 0. The van der Waals surface area contributed by atoms with E-state index >= 15 is 0 Å². The Labute approximate surface area is 168 Å². The van der Waals surface area contributed by atoms with Crippen LogP contribution in [0.4, 0.5) is 4.79 Å². The molecule has 0 radical (unpaired) electrons. The number of hydrogen-bond donors (Lipinski definition) is 0. The molecule has 28 heavy (non-hydrogen) atoms. The highest BCUT2D eigenvalue weighted by molar-refractivity contribution is 5.75. The van der Waals surface area contributed by atoms with Crippen LogP contribution in [0.25, 0.3) is 0 Å². The standard InChI is InChI=1S/C22H34N2O4/c1-4-27-21(26)24-10-8-23(9-11-24)14-17-16-12-18-15(2)6-5-7-22(18,3)13-19(16)28-20(17)25/h16-19H,2,4-14H2,1,3H3/t16-,17-,18+,19-,22-/m1/s1. The third-order valence-corrected chi connectivity index (χ3v) is 7.67. The topological polar surface area (TPSA) is 59.1 Å². The number of fused-ring (bicyclic) bond motifs is 2. The van der Waals surface area contributed by atoms with Crippen LogP contribution in [0.2, 0.25) is 0 Å². The van der Waals surface area contributed by atoms with Gasteiger partial charge < -0.3 is 14.4 Å². The molecule has 0 bridgehead atoms. The molecule has 4 aliphatic rings. The fourth-order valence-corrected chi connectivity index (χ4v) is 6.07. The lowest BCUT2D eigenvalue weighted by Crippen LogP contribution is -2.51. The Morgan fingerprint density at radius 1 is 1.32 bits per heavy atom. The van der Waals surface area contributed by atoms with Crippen LogP contribution in [0.15, 0.2) is 12.2 Å². The molecule has 2 saturated heterocycles. The van der Waals surface area contributed by atoms with Crippen LogP contribution in [-0.4, -0.2) is 67.3 Å². The first-order valence-electron chi connectivity index (χ1n) is 10.9. The van der Waals surface area contributed by atoms with Crippen LogP contribution in [0.1, 0.15) is 46.0 Å². The van der Waals surface area contributed by atoms with Gasteiger partial charge in [-0.05, 0) is 50.4 Å². The van der Waals surface area contributed by atoms with E-state index in [4.69, 9.17) is 9.47 Å². The van der Waals surface area contributed by atoms with Crippen LogP contribution in [0.3, 0.4) is 0 Å². The van der Waals surface area contributed by atoms with E-state index in [2.05, 4.69) is 18.4 Å². The van der Waals surface area contributed by atoms with E-state index in [1.807, 2.05) is 6.92 Å². The average molecular weight is 391 g/mol. The molecular formula is C22H34N2O4. The predicted molar refractivity (Wildman–Crippen MR) is 106 cm³/mol. The number of piperazine rings is 1. The van der Waals surface area contributed by atoms with Gasteiger partial charge in [-0.2, -0.15) is 0 Å². The Hall–Kier alpha value is -1.56. The van der Waals surface area contributed by atoms with Gasteiger partial charge in [0.2, 0.25) is 0 Å². The Morgan fingerprint density at radius 2 is 2.07 bits per heavy atom. The molecule has 0 N–H and O–H groups in total. The molecule has 4 fully saturated rings. The molecule has 0 aromatic rings. The molecule has 2 heterocycles. The second-order valence-corrected chi connectivity index (χ2v) is 9.39. The maximum absolute atomic E-state index is 12.7. The van der Waals surface area contributed by atoms with E-state index in [1.165, 1.54) is 18.4 Å². The van der Waals surface area contributed by atoms with E-state index < -0.39 is 0 Å². The number of ether oxygens (including phenoxy) is 2. The summed E-state index contributed by atoms with van der Waals surface area (Å²) in [6.45, 7) is 12.6. The molecule has 5 atom stereocenters. The molecule has 0 unspecified atom stereocenters. The molecule has 0 spiro atoms. The molecule has 2 aliphatic heterocycles. The van der Waals surface area contributed by atoms with Crippen molar-refractivity contribution in [3.63, 3.8) is 0 Å². The highest BCUT2D eigenvalue weighted by Gasteiger charge is 2.55. The van der Waals surface area contributed by atoms with E-state index in [9.17, 15) is 9.59 Å². The highest BCUT2D eigenvalue weighted by Crippen LogP contribution is 2.56. The van der Waals surface area contributed by atoms with Gasteiger partial charge in [0.1, 0.15) is 6.10 Å². The Bertz CT molecular complexity index is 642. The summed E-state index contributed by atoms with van der Waals surface area (Å²) in [4.78, 5) is 28.7. The lowest BCUT2D eigenvalue weighted by atomic mass is 9.55. The van der Waals surface area contributed by atoms with Gasteiger partial charge in [0, 0.05) is 38.6 Å². The summed E-state index contributed by atoms with van der Waals surface area (Å²) in [6.07, 6.45) is 5.44. The maximum Gasteiger partial charge on any atom is 0.409 e. The van der Waals surface area contributed by atoms with Crippen molar-refractivity contribution in [2.24, 2.45) is 23.2 Å². The lowest BCUT2D eigenvalue weighted by molar-refractivity contribution is -0.146. The first-order chi connectivity index (χ1) is 13.4. The number of nitrogens with zero attached hydrogens (tertiary/aromatic N) is 2. The number of carbonyl (C=O) groups excluding carboxylic acids is 2. The van der Waals surface area contributed by atoms with Crippen molar-refractivity contribution in [2.75, 3.05) is 39.3 Å². The van der Waals surface area contributed by atoms with Crippen molar-refractivity contribution in [3.05, 3.63) is 12.2 Å². The second kappa shape index (κ2) is 7.69. The molecule has 6 heteroatoms. The van der Waals surface area contributed by atoms with E-state index in [0.29, 0.717) is 31.5 Å². The van der Waals surface area contributed by atoms with Gasteiger partial charge in [-0.25, -0.2) is 4.79 Å². The smallest absolute Gasteiger partial charge is 0.409 e.